The first kappa shape index (κ1) is 13.0. The van der Waals surface area contributed by atoms with Gasteiger partial charge < -0.3 is 4.74 Å². The van der Waals surface area contributed by atoms with Gasteiger partial charge in [0.15, 0.2) is 0 Å². The molecule has 0 heterocycles. The summed E-state index contributed by atoms with van der Waals surface area (Å²) >= 11 is 0. The molecule has 0 aliphatic rings. The minimum Gasteiger partial charge on any atom is -0.447 e. The third-order valence-corrected chi connectivity index (χ3v) is 1.86. The van der Waals surface area contributed by atoms with Crippen molar-refractivity contribution in [2.45, 2.75) is 19.0 Å². The molecule has 0 fully saturated rings. The lowest BCUT2D eigenvalue weighted by Crippen LogP contribution is -2.50. The van der Waals surface area contributed by atoms with E-state index in [4.69, 9.17) is 0 Å². The van der Waals surface area contributed by atoms with Crippen molar-refractivity contribution in [1.82, 2.24) is 0 Å². The number of esters is 1. The predicted octanol–water partition coefficient (Wildman–Crippen LogP) is 0.375. The van der Waals surface area contributed by atoms with Crippen LogP contribution in [0.15, 0.2) is 12.7 Å². The van der Waals surface area contributed by atoms with Gasteiger partial charge in [-0.2, -0.15) is 0 Å². The van der Waals surface area contributed by atoms with E-state index >= 15 is 0 Å². The lowest BCUT2D eigenvalue weighted by molar-refractivity contribution is -0.798. The number of ether oxygens (including phenoxy) is 1. The van der Waals surface area contributed by atoms with Crippen molar-refractivity contribution in [1.29, 1.82) is 0 Å². The molecular formula is C7H10N2O6. The molecule has 0 spiro atoms. The fraction of sp³-hybridized carbons (Fsp3) is 0.571. The van der Waals surface area contributed by atoms with Crippen LogP contribution in [0.4, 0.5) is 0 Å². The largest absolute Gasteiger partial charge is 0.490 e. The highest BCUT2D eigenvalue weighted by atomic mass is 16.7. The number of nitrogens with zero attached hydrogens (tertiary/aromatic N) is 2. The molecule has 0 atom stereocenters. The van der Waals surface area contributed by atoms with E-state index in [0.717, 1.165) is 6.08 Å². The van der Waals surface area contributed by atoms with Crippen LogP contribution in [0, 0.1) is 20.2 Å². The summed E-state index contributed by atoms with van der Waals surface area (Å²) in [5, 5.41) is 21.1. The normalized spacial score (nSPS) is 10.5. The standard InChI is InChI=1S/C7H10N2O6/c1-3-6(10)15-5-7(4-2,8(11)12)9(13)14/h3H,1,4-5H2,2H3. The average Bonchev–Trinajstić information content (AvgIpc) is 2.18. The van der Waals surface area contributed by atoms with Gasteiger partial charge in [0.25, 0.3) is 0 Å². The van der Waals surface area contributed by atoms with Gasteiger partial charge in [0.05, 0.1) is 6.42 Å². The maximum atomic E-state index is 10.6. The van der Waals surface area contributed by atoms with E-state index in [-0.39, 0.29) is 6.42 Å². The van der Waals surface area contributed by atoms with Crippen molar-refractivity contribution in [2.75, 3.05) is 6.61 Å². The Kier molecular flexibility index (Phi) is 4.36. The second-order valence-electron chi connectivity index (χ2n) is 2.66. The van der Waals surface area contributed by atoms with Crippen LogP contribution < -0.4 is 0 Å². The molecule has 0 aromatic heterocycles. The van der Waals surface area contributed by atoms with Crippen molar-refractivity contribution in [2.24, 2.45) is 0 Å². The number of carbonyl (C=O) groups is 1. The van der Waals surface area contributed by atoms with Crippen LogP contribution in [0.1, 0.15) is 13.3 Å². The topological polar surface area (TPSA) is 113 Å². The van der Waals surface area contributed by atoms with Crippen LogP contribution in [0.2, 0.25) is 0 Å². The highest BCUT2D eigenvalue weighted by molar-refractivity contribution is 5.81. The van der Waals surface area contributed by atoms with Gasteiger partial charge in [-0.15, -0.1) is 0 Å². The van der Waals surface area contributed by atoms with E-state index < -0.39 is 28.1 Å². The average molecular weight is 218 g/mol. The minimum absolute atomic E-state index is 0.378. The summed E-state index contributed by atoms with van der Waals surface area (Å²) in [6, 6.07) is 0. The van der Waals surface area contributed by atoms with Gasteiger partial charge in [0.1, 0.15) is 9.85 Å². The Balaban J connectivity index is 4.79. The molecule has 0 radical (unpaired) electrons. The second-order valence-corrected chi connectivity index (χ2v) is 2.66. The molecule has 84 valence electrons. The van der Waals surface area contributed by atoms with E-state index in [1.807, 2.05) is 0 Å². The molecule has 15 heavy (non-hydrogen) atoms. The van der Waals surface area contributed by atoms with Crippen molar-refractivity contribution >= 4 is 5.97 Å². The summed E-state index contributed by atoms with van der Waals surface area (Å²) in [6.07, 6.45) is 0.401. The number of rotatable bonds is 6. The molecule has 0 aromatic rings. The third-order valence-electron chi connectivity index (χ3n) is 1.86. The maximum absolute atomic E-state index is 10.6. The van der Waals surface area contributed by atoms with Crippen molar-refractivity contribution in [3.05, 3.63) is 32.9 Å². The van der Waals surface area contributed by atoms with Gasteiger partial charge in [0.2, 0.25) is 6.61 Å². The smallest absolute Gasteiger partial charge is 0.447 e. The molecule has 0 rings (SSSR count). The van der Waals surface area contributed by atoms with Gasteiger partial charge in [-0.05, 0) is 0 Å². The Labute approximate surface area is 84.8 Å². The fourth-order valence-corrected chi connectivity index (χ4v) is 0.778. The first-order chi connectivity index (χ1) is 6.90. The Morgan fingerprint density at radius 1 is 1.47 bits per heavy atom. The number of hydrogen-bond acceptors (Lipinski definition) is 6. The molecule has 0 N–H and O–H groups in total. The lowest BCUT2D eigenvalue weighted by Gasteiger charge is -2.14. The molecule has 0 bridgehead atoms. The summed E-state index contributed by atoms with van der Waals surface area (Å²) in [7, 11) is 0. The number of carbonyl (C=O) groups excluding carboxylic acids is 1. The van der Waals surface area contributed by atoms with Crippen LogP contribution in [-0.2, 0) is 9.53 Å². The molecule has 0 saturated carbocycles. The SMILES string of the molecule is C=CC(=O)OCC(CC)([N+](=O)[O-])[N+](=O)[O-]. The summed E-state index contributed by atoms with van der Waals surface area (Å²) in [5.41, 5.74) is -2.47. The lowest BCUT2D eigenvalue weighted by atomic mass is 10.1. The highest BCUT2D eigenvalue weighted by Gasteiger charge is 2.55. The molecule has 0 unspecified atom stereocenters. The summed E-state index contributed by atoms with van der Waals surface area (Å²) < 4.78 is 4.33. The minimum atomic E-state index is -2.47. The molecule has 8 heteroatoms. The van der Waals surface area contributed by atoms with E-state index in [1.165, 1.54) is 6.92 Å². The van der Waals surface area contributed by atoms with Crippen molar-refractivity contribution in [3.8, 4) is 0 Å². The van der Waals surface area contributed by atoms with E-state index in [2.05, 4.69) is 11.3 Å². The molecule has 0 aliphatic carbocycles. The van der Waals surface area contributed by atoms with E-state index in [1.54, 1.807) is 0 Å². The number of nitro groups is 2. The van der Waals surface area contributed by atoms with Crippen LogP contribution >= 0.6 is 0 Å². The molecule has 0 amide bonds. The first-order valence-corrected chi connectivity index (χ1v) is 3.99. The van der Waals surface area contributed by atoms with Gasteiger partial charge in [0, 0.05) is 6.08 Å². The van der Waals surface area contributed by atoms with Crippen LogP contribution in [0.5, 0.6) is 0 Å². The molecular weight excluding hydrogens is 208 g/mol. The summed E-state index contributed by atoms with van der Waals surface area (Å²) in [6.45, 7) is 3.43. The summed E-state index contributed by atoms with van der Waals surface area (Å²) in [4.78, 5) is 29.6. The quantitative estimate of drug-likeness (QED) is 0.209. The first-order valence-electron chi connectivity index (χ1n) is 3.99. The van der Waals surface area contributed by atoms with E-state index in [9.17, 15) is 25.0 Å². The van der Waals surface area contributed by atoms with Crippen LogP contribution in [0.3, 0.4) is 0 Å². The Bertz CT molecular complexity index is 286. The van der Waals surface area contributed by atoms with E-state index in [0.29, 0.717) is 0 Å². The van der Waals surface area contributed by atoms with Crippen LogP contribution in [0.25, 0.3) is 0 Å². The fourth-order valence-electron chi connectivity index (χ4n) is 0.778. The second kappa shape index (κ2) is 5.03. The highest BCUT2D eigenvalue weighted by Crippen LogP contribution is 2.16. The summed E-state index contributed by atoms with van der Waals surface area (Å²) in [5.74, 6) is -0.934. The van der Waals surface area contributed by atoms with Crippen molar-refractivity contribution < 1.29 is 19.4 Å². The Hall–Kier alpha value is -1.99. The van der Waals surface area contributed by atoms with Gasteiger partial charge in [-0.1, -0.05) is 13.5 Å². The monoisotopic (exact) mass is 218 g/mol. The zero-order chi connectivity index (χ0) is 12.1. The van der Waals surface area contributed by atoms with Gasteiger partial charge in [-0.3, -0.25) is 20.2 Å². The van der Waals surface area contributed by atoms with Crippen LogP contribution in [-0.4, -0.2) is 28.1 Å². The Morgan fingerprint density at radius 3 is 2.20 bits per heavy atom. The molecule has 0 aliphatic heterocycles. The predicted molar refractivity (Wildman–Crippen MR) is 48.2 cm³/mol. The van der Waals surface area contributed by atoms with Gasteiger partial charge in [-0.25, -0.2) is 4.79 Å². The zero-order valence-corrected chi connectivity index (χ0v) is 8.04. The van der Waals surface area contributed by atoms with Gasteiger partial charge >= 0.3 is 11.6 Å². The molecule has 0 saturated heterocycles. The number of hydrogen-bond donors (Lipinski definition) is 0. The Morgan fingerprint density at radius 2 is 1.93 bits per heavy atom. The third kappa shape index (κ3) is 2.73. The molecule has 8 nitrogen and oxygen atoms in total. The van der Waals surface area contributed by atoms with Crippen molar-refractivity contribution in [3.63, 3.8) is 0 Å². The molecule has 0 aromatic carbocycles. The zero-order valence-electron chi connectivity index (χ0n) is 8.04. The maximum Gasteiger partial charge on any atom is 0.490 e.